The van der Waals surface area contributed by atoms with Crippen LogP contribution in [0, 0.1) is 0 Å². The SMILES string of the molecule is CC(CN)c1cc2occc2c(Cl)c1O. The predicted octanol–water partition coefficient (Wildman–Crippen LogP) is 2.85. The fourth-order valence-electron chi connectivity index (χ4n) is 1.58. The van der Waals surface area contributed by atoms with Crippen LogP contribution in [0.15, 0.2) is 22.8 Å². The Balaban J connectivity index is 2.70. The first-order valence-corrected chi connectivity index (χ1v) is 5.11. The highest BCUT2D eigenvalue weighted by molar-refractivity contribution is 6.37. The summed E-state index contributed by atoms with van der Waals surface area (Å²) in [6.07, 6.45) is 1.55. The average Bonchev–Trinajstić information content (AvgIpc) is 2.70. The first kappa shape index (κ1) is 10.3. The van der Waals surface area contributed by atoms with Crippen molar-refractivity contribution in [3.63, 3.8) is 0 Å². The van der Waals surface area contributed by atoms with Gasteiger partial charge in [-0.05, 0) is 24.6 Å². The van der Waals surface area contributed by atoms with Crippen LogP contribution in [0.3, 0.4) is 0 Å². The Morgan fingerprint density at radius 1 is 1.60 bits per heavy atom. The molecule has 0 amide bonds. The molecule has 0 aliphatic heterocycles. The number of phenols is 1. The summed E-state index contributed by atoms with van der Waals surface area (Å²) >= 11 is 6.02. The van der Waals surface area contributed by atoms with Gasteiger partial charge in [0, 0.05) is 10.9 Å². The van der Waals surface area contributed by atoms with Crippen LogP contribution in [0.25, 0.3) is 11.0 Å². The zero-order valence-electron chi connectivity index (χ0n) is 8.33. The molecule has 4 heteroatoms. The van der Waals surface area contributed by atoms with Gasteiger partial charge in [0.2, 0.25) is 0 Å². The maximum atomic E-state index is 9.89. The van der Waals surface area contributed by atoms with Crippen molar-refractivity contribution < 1.29 is 9.52 Å². The third-order valence-corrected chi connectivity index (χ3v) is 2.97. The van der Waals surface area contributed by atoms with E-state index in [1.54, 1.807) is 18.4 Å². The van der Waals surface area contributed by atoms with E-state index >= 15 is 0 Å². The minimum Gasteiger partial charge on any atom is -0.506 e. The van der Waals surface area contributed by atoms with Crippen LogP contribution in [0.2, 0.25) is 5.02 Å². The summed E-state index contributed by atoms with van der Waals surface area (Å²) in [7, 11) is 0. The number of nitrogens with two attached hydrogens (primary N) is 1. The van der Waals surface area contributed by atoms with Crippen molar-refractivity contribution in [3.05, 3.63) is 29.0 Å². The van der Waals surface area contributed by atoms with E-state index in [0.717, 1.165) is 10.9 Å². The fourth-order valence-corrected chi connectivity index (χ4v) is 1.85. The van der Waals surface area contributed by atoms with Crippen molar-refractivity contribution in [2.75, 3.05) is 6.54 Å². The van der Waals surface area contributed by atoms with Crippen LogP contribution in [-0.2, 0) is 0 Å². The smallest absolute Gasteiger partial charge is 0.138 e. The molecule has 0 aliphatic carbocycles. The lowest BCUT2D eigenvalue weighted by atomic mass is 9.99. The Hall–Kier alpha value is -1.19. The molecule has 0 aliphatic rings. The van der Waals surface area contributed by atoms with Crippen molar-refractivity contribution in [3.8, 4) is 5.75 Å². The molecule has 15 heavy (non-hydrogen) atoms. The van der Waals surface area contributed by atoms with E-state index in [-0.39, 0.29) is 11.7 Å². The quantitative estimate of drug-likeness (QED) is 0.826. The Bertz CT molecular complexity index is 493. The molecule has 1 aromatic carbocycles. The minimum absolute atomic E-state index is 0.0528. The first-order chi connectivity index (χ1) is 7.15. The third-order valence-electron chi connectivity index (χ3n) is 2.58. The second-order valence-electron chi connectivity index (χ2n) is 3.60. The number of fused-ring (bicyclic) bond motifs is 1. The highest BCUT2D eigenvalue weighted by atomic mass is 35.5. The second-order valence-corrected chi connectivity index (χ2v) is 3.98. The number of benzene rings is 1. The van der Waals surface area contributed by atoms with Crippen LogP contribution in [0.5, 0.6) is 5.75 Å². The maximum absolute atomic E-state index is 9.89. The van der Waals surface area contributed by atoms with Gasteiger partial charge in [-0.3, -0.25) is 0 Å². The van der Waals surface area contributed by atoms with Crippen molar-refractivity contribution in [2.24, 2.45) is 5.73 Å². The molecule has 0 radical (unpaired) electrons. The van der Waals surface area contributed by atoms with Crippen LogP contribution < -0.4 is 5.73 Å². The Morgan fingerprint density at radius 3 is 3.00 bits per heavy atom. The van der Waals surface area contributed by atoms with Crippen LogP contribution in [0.4, 0.5) is 0 Å². The van der Waals surface area contributed by atoms with E-state index in [0.29, 0.717) is 17.2 Å². The molecule has 80 valence electrons. The van der Waals surface area contributed by atoms with Crippen molar-refractivity contribution >= 4 is 22.6 Å². The summed E-state index contributed by atoms with van der Waals surface area (Å²) in [4.78, 5) is 0. The van der Waals surface area contributed by atoms with Gasteiger partial charge in [0.1, 0.15) is 11.3 Å². The van der Waals surface area contributed by atoms with E-state index in [4.69, 9.17) is 21.8 Å². The highest BCUT2D eigenvalue weighted by Crippen LogP contribution is 2.38. The molecule has 0 saturated carbocycles. The highest BCUT2D eigenvalue weighted by Gasteiger charge is 2.16. The summed E-state index contributed by atoms with van der Waals surface area (Å²) in [5.74, 6) is 0.153. The number of phenolic OH excluding ortho intramolecular Hbond substituents is 1. The molecule has 2 aromatic rings. The van der Waals surface area contributed by atoms with Gasteiger partial charge >= 0.3 is 0 Å². The molecule has 0 spiro atoms. The van der Waals surface area contributed by atoms with Gasteiger partial charge in [0.25, 0.3) is 0 Å². The van der Waals surface area contributed by atoms with Crippen molar-refractivity contribution in [1.29, 1.82) is 0 Å². The fraction of sp³-hybridized carbons (Fsp3) is 0.273. The number of hydrogen-bond donors (Lipinski definition) is 2. The summed E-state index contributed by atoms with van der Waals surface area (Å²) in [5, 5.41) is 10.9. The molecule has 0 saturated heterocycles. The lowest BCUT2D eigenvalue weighted by molar-refractivity contribution is 0.464. The Kier molecular flexibility index (Phi) is 2.59. The Labute approximate surface area is 92.4 Å². The summed E-state index contributed by atoms with van der Waals surface area (Å²) in [5.41, 5.74) is 6.96. The van der Waals surface area contributed by atoms with E-state index in [1.165, 1.54) is 0 Å². The van der Waals surface area contributed by atoms with E-state index in [2.05, 4.69) is 0 Å². The van der Waals surface area contributed by atoms with Crippen LogP contribution in [0.1, 0.15) is 18.4 Å². The molecule has 1 heterocycles. The lowest BCUT2D eigenvalue weighted by Gasteiger charge is -2.12. The van der Waals surface area contributed by atoms with E-state index < -0.39 is 0 Å². The molecule has 0 fully saturated rings. The van der Waals surface area contributed by atoms with Gasteiger partial charge in [0.15, 0.2) is 0 Å². The lowest BCUT2D eigenvalue weighted by Crippen LogP contribution is -2.09. The van der Waals surface area contributed by atoms with Crippen molar-refractivity contribution in [2.45, 2.75) is 12.8 Å². The van der Waals surface area contributed by atoms with E-state index in [1.807, 2.05) is 6.92 Å². The van der Waals surface area contributed by atoms with Gasteiger partial charge in [-0.15, -0.1) is 0 Å². The largest absolute Gasteiger partial charge is 0.506 e. The van der Waals surface area contributed by atoms with Gasteiger partial charge in [-0.2, -0.15) is 0 Å². The molecule has 1 unspecified atom stereocenters. The number of aromatic hydroxyl groups is 1. The maximum Gasteiger partial charge on any atom is 0.138 e. The van der Waals surface area contributed by atoms with Gasteiger partial charge < -0.3 is 15.3 Å². The second kappa shape index (κ2) is 3.76. The molecular formula is C11H12ClNO2. The minimum atomic E-state index is 0.0528. The first-order valence-electron chi connectivity index (χ1n) is 4.73. The molecule has 1 atom stereocenters. The molecule has 3 N–H and O–H groups in total. The molecule has 1 aromatic heterocycles. The number of halogens is 1. The predicted molar refractivity (Wildman–Crippen MR) is 60.4 cm³/mol. The summed E-state index contributed by atoms with van der Waals surface area (Å²) in [6.45, 7) is 2.39. The monoisotopic (exact) mass is 225 g/mol. The third kappa shape index (κ3) is 1.58. The van der Waals surface area contributed by atoms with Crippen molar-refractivity contribution in [1.82, 2.24) is 0 Å². The van der Waals surface area contributed by atoms with E-state index in [9.17, 15) is 5.11 Å². The van der Waals surface area contributed by atoms with Gasteiger partial charge in [-0.1, -0.05) is 18.5 Å². The molecular weight excluding hydrogens is 214 g/mol. The summed E-state index contributed by atoms with van der Waals surface area (Å²) < 4.78 is 5.25. The molecule has 2 rings (SSSR count). The zero-order valence-corrected chi connectivity index (χ0v) is 9.08. The Morgan fingerprint density at radius 2 is 2.33 bits per heavy atom. The standard InChI is InChI=1S/C11H12ClNO2/c1-6(5-13)8-4-9-7(2-3-15-9)10(12)11(8)14/h2-4,6,14H,5,13H2,1H3. The normalized spacial score (nSPS) is 13.3. The van der Waals surface area contributed by atoms with Crippen LogP contribution >= 0.6 is 11.6 Å². The zero-order chi connectivity index (χ0) is 11.0. The van der Waals surface area contributed by atoms with Gasteiger partial charge in [0.05, 0.1) is 11.3 Å². The number of rotatable bonds is 2. The topological polar surface area (TPSA) is 59.4 Å². The average molecular weight is 226 g/mol. The molecule has 3 nitrogen and oxygen atoms in total. The van der Waals surface area contributed by atoms with Crippen LogP contribution in [-0.4, -0.2) is 11.7 Å². The molecule has 0 bridgehead atoms. The number of furan rings is 1. The number of hydrogen-bond acceptors (Lipinski definition) is 3. The summed E-state index contributed by atoms with van der Waals surface area (Å²) in [6, 6.07) is 3.52. The van der Waals surface area contributed by atoms with Gasteiger partial charge in [-0.25, -0.2) is 0 Å².